The summed E-state index contributed by atoms with van der Waals surface area (Å²) in [5.74, 6) is 2.22. The molecule has 3 nitrogen and oxygen atoms in total. The van der Waals surface area contributed by atoms with Gasteiger partial charge in [0.15, 0.2) is 11.0 Å². The minimum Gasteiger partial charge on any atom is -0.305 e. The number of rotatable bonds is 4. The van der Waals surface area contributed by atoms with Crippen LogP contribution in [0.4, 0.5) is 4.39 Å². The highest BCUT2D eigenvalue weighted by atomic mass is 32.2. The Labute approximate surface area is 129 Å². The SMILES string of the molecule is Cn1c(SCC2CCCCC2)nnc1-c1ccccc1F. The van der Waals surface area contributed by atoms with Crippen LogP contribution in [0.15, 0.2) is 29.4 Å². The molecule has 0 N–H and O–H groups in total. The highest BCUT2D eigenvalue weighted by Gasteiger charge is 2.17. The van der Waals surface area contributed by atoms with E-state index in [4.69, 9.17) is 0 Å². The molecule has 0 atom stereocenters. The van der Waals surface area contributed by atoms with Gasteiger partial charge in [-0.15, -0.1) is 10.2 Å². The first-order chi connectivity index (χ1) is 10.3. The third kappa shape index (κ3) is 3.28. The van der Waals surface area contributed by atoms with Crippen molar-refractivity contribution in [3.8, 4) is 11.4 Å². The lowest BCUT2D eigenvalue weighted by atomic mass is 9.91. The van der Waals surface area contributed by atoms with Crippen LogP contribution < -0.4 is 0 Å². The van der Waals surface area contributed by atoms with E-state index in [1.807, 2.05) is 17.7 Å². The van der Waals surface area contributed by atoms with Crippen molar-refractivity contribution in [3.63, 3.8) is 0 Å². The molecule has 0 bridgehead atoms. The third-order valence-corrected chi connectivity index (χ3v) is 5.37. The van der Waals surface area contributed by atoms with Crippen LogP contribution in [0.25, 0.3) is 11.4 Å². The number of aromatic nitrogens is 3. The maximum absolute atomic E-state index is 13.9. The molecule has 0 unspecified atom stereocenters. The minimum atomic E-state index is -0.253. The Morgan fingerprint density at radius 1 is 1.19 bits per heavy atom. The van der Waals surface area contributed by atoms with Gasteiger partial charge >= 0.3 is 0 Å². The zero-order chi connectivity index (χ0) is 14.7. The molecule has 1 heterocycles. The van der Waals surface area contributed by atoms with Gasteiger partial charge in [0.1, 0.15) is 5.82 Å². The van der Waals surface area contributed by atoms with Crippen LogP contribution in [0.2, 0.25) is 0 Å². The number of nitrogens with zero attached hydrogens (tertiary/aromatic N) is 3. The number of benzene rings is 1. The Hall–Kier alpha value is -1.36. The molecule has 1 fully saturated rings. The van der Waals surface area contributed by atoms with Gasteiger partial charge in [0.05, 0.1) is 5.56 Å². The summed E-state index contributed by atoms with van der Waals surface area (Å²) in [7, 11) is 1.91. The Balaban J connectivity index is 1.72. The van der Waals surface area contributed by atoms with Crippen LogP contribution in [0.5, 0.6) is 0 Å². The molecule has 21 heavy (non-hydrogen) atoms. The van der Waals surface area contributed by atoms with Crippen molar-refractivity contribution >= 4 is 11.8 Å². The summed E-state index contributed by atoms with van der Waals surface area (Å²) >= 11 is 1.74. The molecule has 0 radical (unpaired) electrons. The summed E-state index contributed by atoms with van der Waals surface area (Å²) < 4.78 is 15.7. The van der Waals surface area contributed by atoms with Crippen LogP contribution >= 0.6 is 11.8 Å². The smallest absolute Gasteiger partial charge is 0.191 e. The van der Waals surface area contributed by atoms with Crippen molar-refractivity contribution in [2.45, 2.75) is 37.3 Å². The first-order valence-electron chi connectivity index (χ1n) is 7.53. The van der Waals surface area contributed by atoms with Gasteiger partial charge < -0.3 is 4.57 Å². The van der Waals surface area contributed by atoms with Crippen LogP contribution in [0.3, 0.4) is 0 Å². The predicted octanol–water partition coefficient (Wildman–Crippen LogP) is 4.29. The standard InChI is InChI=1S/C16H20FN3S/c1-20-15(13-9-5-6-10-14(13)17)18-19-16(20)21-11-12-7-3-2-4-8-12/h5-6,9-10,12H,2-4,7-8,11H2,1H3. The van der Waals surface area contributed by atoms with Crippen molar-refractivity contribution in [1.29, 1.82) is 0 Å². The van der Waals surface area contributed by atoms with Crippen molar-refractivity contribution in [2.24, 2.45) is 13.0 Å². The zero-order valence-electron chi connectivity index (χ0n) is 12.3. The molecule has 0 aliphatic heterocycles. The van der Waals surface area contributed by atoms with Crippen LogP contribution in [-0.2, 0) is 7.05 Å². The molecule has 2 aromatic rings. The summed E-state index contributed by atoms with van der Waals surface area (Å²) in [6.07, 6.45) is 6.73. The lowest BCUT2D eigenvalue weighted by molar-refractivity contribution is 0.390. The van der Waals surface area contributed by atoms with E-state index in [2.05, 4.69) is 10.2 Å². The van der Waals surface area contributed by atoms with Gasteiger partial charge in [0, 0.05) is 12.8 Å². The summed E-state index contributed by atoms with van der Waals surface area (Å²) in [6, 6.07) is 6.71. The van der Waals surface area contributed by atoms with Gasteiger partial charge in [0.25, 0.3) is 0 Å². The van der Waals surface area contributed by atoms with Gasteiger partial charge in [-0.05, 0) is 30.9 Å². The Morgan fingerprint density at radius 2 is 1.95 bits per heavy atom. The van der Waals surface area contributed by atoms with Crippen molar-refractivity contribution in [3.05, 3.63) is 30.1 Å². The molecule has 3 rings (SSSR count). The van der Waals surface area contributed by atoms with E-state index in [1.54, 1.807) is 23.9 Å². The highest BCUT2D eigenvalue weighted by Crippen LogP contribution is 2.30. The molecular weight excluding hydrogens is 285 g/mol. The monoisotopic (exact) mass is 305 g/mol. The quantitative estimate of drug-likeness (QED) is 0.789. The topological polar surface area (TPSA) is 30.7 Å². The molecule has 1 aromatic carbocycles. The highest BCUT2D eigenvalue weighted by molar-refractivity contribution is 7.99. The number of hydrogen-bond acceptors (Lipinski definition) is 3. The zero-order valence-corrected chi connectivity index (χ0v) is 13.1. The van der Waals surface area contributed by atoms with E-state index in [-0.39, 0.29) is 5.82 Å². The van der Waals surface area contributed by atoms with Crippen LogP contribution in [-0.4, -0.2) is 20.5 Å². The van der Waals surface area contributed by atoms with Crippen LogP contribution in [0, 0.1) is 11.7 Å². The van der Waals surface area contributed by atoms with Gasteiger partial charge in [-0.2, -0.15) is 0 Å². The second kappa shape index (κ2) is 6.60. The number of hydrogen-bond donors (Lipinski definition) is 0. The molecule has 5 heteroatoms. The van der Waals surface area contributed by atoms with Gasteiger partial charge in [-0.25, -0.2) is 4.39 Å². The molecule has 0 amide bonds. The second-order valence-electron chi connectivity index (χ2n) is 5.66. The lowest BCUT2D eigenvalue weighted by Crippen LogP contribution is -2.09. The summed E-state index contributed by atoms with van der Waals surface area (Å²) in [4.78, 5) is 0. The molecule has 1 aromatic heterocycles. The van der Waals surface area contributed by atoms with E-state index in [1.165, 1.54) is 38.2 Å². The average Bonchev–Trinajstić information content (AvgIpc) is 2.88. The first kappa shape index (κ1) is 14.6. The fourth-order valence-corrected chi connectivity index (χ4v) is 3.96. The molecule has 0 spiro atoms. The number of halogens is 1. The average molecular weight is 305 g/mol. The fourth-order valence-electron chi connectivity index (χ4n) is 2.86. The van der Waals surface area contributed by atoms with Crippen molar-refractivity contribution < 1.29 is 4.39 Å². The maximum Gasteiger partial charge on any atom is 0.191 e. The third-order valence-electron chi connectivity index (χ3n) is 4.12. The molecule has 1 saturated carbocycles. The Morgan fingerprint density at radius 3 is 2.71 bits per heavy atom. The maximum atomic E-state index is 13.9. The number of thioether (sulfide) groups is 1. The molecule has 1 aliphatic carbocycles. The molecule has 112 valence electrons. The van der Waals surface area contributed by atoms with E-state index in [9.17, 15) is 4.39 Å². The van der Waals surface area contributed by atoms with Crippen molar-refractivity contribution in [1.82, 2.24) is 14.8 Å². The molecular formula is C16H20FN3S. The fraction of sp³-hybridized carbons (Fsp3) is 0.500. The Kier molecular flexibility index (Phi) is 4.58. The summed E-state index contributed by atoms with van der Waals surface area (Å²) in [6.45, 7) is 0. The summed E-state index contributed by atoms with van der Waals surface area (Å²) in [5, 5.41) is 9.26. The summed E-state index contributed by atoms with van der Waals surface area (Å²) in [5.41, 5.74) is 0.511. The van der Waals surface area contributed by atoms with Gasteiger partial charge in [0.2, 0.25) is 0 Å². The molecule has 0 saturated heterocycles. The van der Waals surface area contributed by atoms with E-state index in [0.29, 0.717) is 11.4 Å². The van der Waals surface area contributed by atoms with Crippen LogP contribution in [0.1, 0.15) is 32.1 Å². The van der Waals surface area contributed by atoms with Crippen molar-refractivity contribution in [2.75, 3.05) is 5.75 Å². The first-order valence-corrected chi connectivity index (χ1v) is 8.51. The Bertz CT molecular complexity index is 605. The second-order valence-corrected chi connectivity index (χ2v) is 6.65. The van der Waals surface area contributed by atoms with E-state index >= 15 is 0 Å². The van der Waals surface area contributed by atoms with Gasteiger partial charge in [-0.1, -0.05) is 43.2 Å². The van der Waals surface area contributed by atoms with E-state index in [0.717, 1.165) is 16.8 Å². The lowest BCUT2D eigenvalue weighted by Gasteiger charge is -2.20. The van der Waals surface area contributed by atoms with E-state index < -0.39 is 0 Å². The predicted molar refractivity (Wildman–Crippen MR) is 83.7 cm³/mol. The van der Waals surface area contributed by atoms with Gasteiger partial charge in [-0.3, -0.25) is 0 Å². The minimum absolute atomic E-state index is 0.253. The normalized spacial score (nSPS) is 16.3. The largest absolute Gasteiger partial charge is 0.305 e. The molecule has 1 aliphatic rings.